The number of nitro groups is 1. The third kappa shape index (κ3) is 2.62. The summed E-state index contributed by atoms with van der Waals surface area (Å²) < 4.78 is 2.09. The molecule has 1 aromatic carbocycles. The third-order valence-electron chi connectivity index (χ3n) is 2.20. The summed E-state index contributed by atoms with van der Waals surface area (Å²) in [6.07, 6.45) is 2.69. The quantitative estimate of drug-likeness (QED) is 0.696. The minimum absolute atomic E-state index is 0.0226. The van der Waals surface area contributed by atoms with Gasteiger partial charge in [-0.3, -0.25) is 14.8 Å². The second-order valence-corrected chi connectivity index (χ2v) is 4.34. The van der Waals surface area contributed by atoms with Gasteiger partial charge in [-0.25, -0.2) is 0 Å². The largest absolute Gasteiger partial charge is 0.505 e. The normalized spacial score (nSPS) is 10.4. The molecule has 1 aromatic heterocycles. The Kier molecular flexibility index (Phi) is 3.10. The number of nitro benzene ring substituents is 1. The van der Waals surface area contributed by atoms with Crippen molar-refractivity contribution in [1.29, 1.82) is 0 Å². The summed E-state index contributed by atoms with van der Waals surface area (Å²) in [7, 11) is 0. The number of hydrogen-bond acceptors (Lipinski definition) is 4. The van der Waals surface area contributed by atoms with Crippen molar-refractivity contribution >= 4 is 21.6 Å². The first-order chi connectivity index (χ1) is 8.06. The molecule has 0 spiro atoms. The zero-order chi connectivity index (χ0) is 12.4. The molecule has 88 valence electrons. The van der Waals surface area contributed by atoms with Crippen LogP contribution < -0.4 is 0 Å². The van der Waals surface area contributed by atoms with Gasteiger partial charge in [-0.15, -0.1) is 0 Å². The molecule has 0 atom stereocenters. The molecule has 2 aromatic rings. The molecule has 0 bridgehead atoms. The minimum Gasteiger partial charge on any atom is -0.505 e. The summed E-state index contributed by atoms with van der Waals surface area (Å²) >= 11 is 3.19. The molecule has 0 saturated carbocycles. The van der Waals surface area contributed by atoms with Gasteiger partial charge in [0.25, 0.3) is 5.69 Å². The first-order valence-electron chi connectivity index (χ1n) is 4.70. The fourth-order valence-electron chi connectivity index (χ4n) is 1.45. The van der Waals surface area contributed by atoms with Crippen LogP contribution in [0.4, 0.5) is 5.69 Å². The number of aromatic nitrogens is 2. The van der Waals surface area contributed by atoms with Gasteiger partial charge in [-0.1, -0.05) is 15.9 Å². The number of aromatic hydroxyl groups is 1. The predicted octanol–water partition coefficient (Wildman–Crippen LogP) is 2.31. The average Bonchev–Trinajstić information content (AvgIpc) is 2.66. The van der Waals surface area contributed by atoms with Crippen LogP contribution in [0.15, 0.2) is 35.1 Å². The van der Waals surface area contributed by atoms with Gasteiger partial charge in [0.1, 0.15) is 0 Å². The van der Waals surface area contributed by atoms with E-state index in [4.69, 9.17) is 5.11 Å². The maximum Gasteiger partial charge on any atom is 0.275 e. The van der Waals surface area contributed by atoms with Gasteiger partial charge in [0, 0.05) is 10.5 Å². The van der Waals surface area contributed by atoms with E-state index in [9.17, 15) is 10.1 Å². The molecular weight excluding hydrogens is 290 g/mol. The molecule has 0 aliphatic heterocycles. The smallest absolute Gasteiger partial charge is 0.275 e. The molecule has 6 nitrogen and oxygen atoms in total. The Morgan fingerprint density at radius 3 is 2.88 bits per heavy atom. The van der Waals surface area contributed by atoms with Gasteiger partial charge >= 0.3 is 0 Å². The van der Waals surface area contributed by atoms with E-state index in [1.54, 1.807) is 12.1 Å². The Morgan fingerprint density at radius 1 is 1.53 bits per heavy atom. The zero-order valence-electron chi connectivity index (χ0n) is 8.58. The van der Waals surface area contributed by atoms with Gasteiger partial charge < -0.3 is 5.11 Å². The van der Waals surface area contributed by atoms with E-state index in [1.807, 2.05) is 0 Å². The van der Waals surface area contributed by atoms with E-state index in [1.165, 1.54) is 23.1 Å². The van der Waals surface area contributed by atoms with Crippen LogP contribution in [-0.4, -0.2) is 19.8 Å². The van der Waals surface area contributed by atoms with E-state index in [0.29, 0.717) is 10.0 Å². The van der Waals surface area contributed by atoms with Crippen molar-refractivity contribution in [2.45, 2.75) is 6.54 Å². The minimum atomic E-state index is -0.441. The van der Waals surface area contributed by atoms with E-state index in [2.05, 4.69) is 21.0 Å². The molecule has 0 amide bonds. The maximum absolute atomic E-state index is 10.9. The second-order valence-electron chi connectivity index (χ2n) is 3.43. The van der Waals surface area contributed by atoms with E-state index >= 15 is 0 Å². The molecule has 0 saturated heterocycles. The topological polar surface area (TPSA) is 81.2 Å². The van der Waals surface area contributed by atoms with Crippen molar-refractivity contribution in [3.05, 3.63) is 50.7 Å². The van der Waals surface area contributed by atoms with Gasteiger partial charge in [-0.2, -0.15) is 5.10 Å². The van der Waals surface area contributed by atoms with Gasteiger partial charge in [0.05, 0.1) is 29.4 Å². The lowest BCUT2D eigenvalue weighted by molar-refractivity contribution is -0.385. The fourth-order valence-corrected chi connectivity index (χ4v) is 1.80. The highest BCUT2D eigenvalue weighted by Gasteiger charge is 2.14. The van der Waals surface area contributed by atoms with Crippen molar-refractivity contribution in [1.82, 2.24) is 9.78 Å². The molecule has 17 heavy (non-hydrogen) atoms. The lowest BCUT2D eigenvalue weighted by atomic mass is 10.2. The summed E-state index contributed by atoms with van der Waals surface area (Å²) in [6.45, 7) is 0.240. The number of hydrogen-bond donors (Lipinski definition) is 1. The van der Waals surface area contributed by atoms with Crippen molar-refractivity contribution in [3.8, 4) is 5.75 Å². The summed E-state index contributed by atoms with van der Waals surface area (Å²) in [5.41, 5.74) is 0.552. The molecule has 0 aliphatic carbocycles. The van der Waals surface area contributed by atoms with Crippen molar-refractivity contribution in [2.75, 3.05) is 0 Å². The van der Waals surface area contributed by atoms with Crippen LogP contribution in [0.1, 0.15) is 5.56 Å². The first-order valence-corrected chi connectivity index (χ1v) is 5.50. The van der Waals surface area contributed by atoms with Crippen molar-refractivity contribution < 1.29 is 10.0 Å². The average molecular weight is 298 g/mol. The van der Waals surface area contributed by atoms with Gasteiger partial charge in [0.2, 0.25) is 0 Å². The summed E-state index contributed by atoms with van der Waals surface area (Å²) in [5, 5.41) is 23.9. The van der Waals surface area contributed by atoms with Gasteiger partial charge in [0.15, 0.2) is 5.75 Å². The lowest BCUT2D eigenvalue weighted by Crippen LogP contribution is -2.03. The standard InChI is InChI=1S/C10H8BrN3O3/c11-8-2-1-7(10(3-8)14(16)17)5-13-6-9(15)4-12-13/h1-4,6,15H,5H2. The molecule has 7 heteroatoms. The Balaban J connectivity index is 2.35. The summed E-state index contributed by atoms with van der Waals surface area (Å²) in [5.74, 6) is 0.0322. The molecule has 0 unspecified atom stereocenters. The molecule has 1 N–H and O–H groups in total. The summed E-state index contributed by atoms with van der Waals surface area (Å²) in [4.78, 5) is 10.4. The Morgan fingerprint density at radius 2 is 2.29 bits per heavy atom. The van der Waals surface area contributed by atoms with Crippen LogP contribution in [0.5, 0.6) is 5.75 Å². The van der Waals surface area contributed by atoms with Gasteiger partial charge in [-0.05, 0) is 12.1 Å². The van der Waals surface area contributed by atoms with Crippen molar-refractivity contribution in [2.24, 2.45) is 0 Å². The monoisotopic (exact) mass is 297 g/mol. The van der Waals surface area contributed by atoms with Crippen LogP contribution >= 0.6 is 15.9 Å². The first kappa shape index (κ1) is 11.6. The number of halogens is 1. The van der Waals surface area contributed by atoms with Crippen LogP contribution in [0.25, 0.3) is 0 Å². The van der Waals surface area contributed by atoms with E-state index in [-0.39, 0.29) is 18.0 Å². The molecular formula is C10H8BrN3O3. The zero-order valence-corrected chi connectivity index (χ0v) is 10.2. The Hall–Kier alpha value is -1.89. The summed E-state index contributed by atoms with van der Waals surface area (Å²) in [6, 6.07) is 4.82. The second kappa shape index (κ2) is 4.54. The molecule has 0 aliphatic rings. The highest BCUT2D eigenvalue weighted by molar-refractivity contribution is 9.10. The van der Waals surface area contributed by atoms with Crippen LogP contribution in [-0.2, 0) is 6.54 Å². The molecule has 0 radical (unpaired) electrons. The molecule has 1 heterocycles. The van der Waals surface area contributed by atoms with Crippen LogP contribution in [0.3, 0.4) is 0 Å². The predicted molar refractivity (Wildman–Crippen MR) is 63.8 cm³/mol. The van der Waals surface area contributed by atoms with Crippen molar-refractivity contribution in [3.63, 3.8) is 0 Å². The molecule has 0 fully saturated rings. The Bertz CT molecular complexity index is 568. The molecule has 2 rings (SSSR count). The fraction of sp³-hybridized carbons (Fsp3) is 0.100. The highest BCUT2D eigenvalue weighted by atomic mass is 79.9. The van der Waals surface area contributed by atoms with E-state index in [0.717, 1.165) is 0 Å². The number of rotatable bonds is 3. The highest BCUT2D eigenvalue weighted by Crippen LogP contribution is 2.24. The number of nitrogens with zero attached hydrogens (tertiary/aromatic N) is 3. The SMILES string of the molecule is O=[N+]([O-])c1cc(Br)ccc1Cn1cc(O)cn1. The van der Waals surface area contributed by atoms with E-state index < -0.39 is 4.92 Å². The third-order valence-corrected chi connectivity index (χ3v) is 2.69. The maximum atomic E-state index is 10.9. The van der Waals surface area contributed by atoms with Crippen LogP contribution in [0, 0.1) is 10.1 Å². The number of benzene rings is 1. The van der Waals surface area contributed by atoms with Crippen LogP contribution in [0.2, 0.25) is 0 Å². The Labute approximate surface area is 105 Å². The lowest BCUT2D eigenvalue weighted by Gasteiger charge is -2.03.